The van der Waals surface area contributed by atoms with Crippen LogP contribution in [-0.2, 0) is 9.47 Å². The minimum atomic E-state index is 0.596. The lowest BCUT2D eigenvalue weighted by molar-refractivity contribution is 0.0277. The fourth-order valence-electron chi connectivity index (χ4n) is 7.42. The molecule has 2 nitrogen and oxygen atoms in total. The van der Waals surface area contributed by atoms with Crippen molar-refractivity contribution in [2.45, 2.75) is 102 Å². The molecule has 0 aromatic rings. The summed E-state index contributed by atoms with van der Waals surface area (Å²) in [6.07, 6.45) is 21.1. The van der Waals surface area contributed by atoms with E-state index in [1.54, 1.807) is 0 Å². The molecule has 0 aromatic carbocycles. The monoisotopic (exact) mass is 360 g/mol. The van der Waals surface area contributed by atoms with Crippen LogP contribution in [0.3, 0.4) is 0 Å². The highest BCUT2D eigenvalue weighted by Crippen LogP contribution is 2.53. The zero-order valence-electron chi connectivity index (χ0n) is 16.7. The van der Waals surface area contributed by atoms with E-state index in [4.69, 9.17) is 9.47 Å². The van der Waals surface area contributed by atoms with E-state index in [0.29, 0.717) is 12.2 Å². The second-order valence-electron chi connectivity index (χ2n) is 10.7. The van der Waals surface area contributed by atoms with Gasteiger partial charge in [0.1, 0.15) is 0 Å². The molecule has 0 spiro atoms. The fourth-order valence-corrected chi connectivity index (χ4v) is 7.42. The van der Waals surface area contributed by atoms with Crippen LogP contribution in [0.25, 0.3) is 0 Å². The number of hydrogen-bond donors (Lipinski definition) is 0. The molecule has 0 heterocycles. The topological polar surface area (TPSA) is 18.5 Å². The number of fused-ring (bicyclic) bond motifs is 2. The maximum absolute atomic E-state index is 6.39. The molecule has 4 atom stereocenters. The summed E-state index contributed by atoms with van der Waals surface area (Å²) >= 11 is 0. The van der Waals surface area contributed by atoms with Gasteiger partial charge in [-0.05, 0) is 99.7 Å². The summed E-state index contributed by atoms with van der Waals surface area (Å²) in [5.41, 5.74) is 0. The maximum Gasteiger partial charge on any atom is 0.0580 e. The summed E-state index contributed by atoms with van der Waals surface area (Å²) < 4.78 is 12.8. The van der Waals surface area contributed by atoms with Crippen LogP contribution in [0.5, 0.6) is 0 Å². The van der Waals surface area contributed by atoms with Crippen molar-refractivity contribution in [3.05, 3.63) is 0 Å². The highest BCUT2D eigenvalue weighted by molar-refractivity contribution is 4.97. The molecule has 0 aromatic heterocycles. The molecule has 0 aliphatic heterocycles. The van der Waals surface area contributed by atoms with Crippen LogP contribution in [0.4, 0.5) is 0 Å². The van der Waals surface area contributed by atoms with Gasteiger partial charge in [0, 0.05) is 13.2 Å². The number of ether oxygens (including phenoxy) is 2. The first-order chi connectivity index (χ1) is 12.8. The summed E-state index contributed by atoms with van der Waals surface area (Å²) in [5, 5.41) is 0. The first kappa shape index (κ1) is 18.0. The zero-order chi connectivity index (χ0) is 17.3. The Morgan fingerprint density at radius 3 is 1.15 bits per heavy atom. The van der Waals surface area contributed by atoms with Gasteiger partial charge < -0.3 is 9.47 Å². The predicted molar refractivity (Wildman–Crippen MR) is 105 cm³/mol. The van der Waals surface area contributed by atoms with Crippen molar-refractivity contribution in [1.82, 2.24) is 0 Å². The molecule has 0 amide bonds. The molecule has 4 unspecified atom stereocenters. The zero-order valence-corrected chi connectivity index (χ0v) is 16.7. The SMILES string of the molecule is C1CCC(COC2CC3CC4CC(OCC5CCCC5)CC4CC3C2)C1. The molecule has 148 valence electrons. The minimum Gasteiger partial charge on any atom is -0.378 e. The normalized spacial score (nSPS) is 43.8. The molecule has 5 fully saturated rings. The van der Waals surface area contributed by atoms with E-state index in [1.165, 1.54) is 89.9 Å². The standard InChI is InChI=1S/C24H40O2/c1-2-6-17(5-1)15-25-23-11-19-9-21-13-24(14-22(21)10-20(19)12-23)26-16-18-7-3-4-8-18/h17-24H,1-16H2. The van der Waals surface area contributed by atoms with Gasteiger partial charge in [-0.2, -0.15) is 0 Å². The average Bonchev–Trinajstić information content (AvgIpc) is 3.43. The summed E-state index contributed by atoms with van der Waals surface area (Å²) in [6.45, 7) is 2.13. The third-order valence-electron chi connectivity index (χ3n) is 8.89. The summed E-state index contributed by atoms with van der Waals surface area (Å²) in [5.74, 6) is 5.65. The summed E-state index contributed by atoms with van der Waals surface area (Å²) in [6, 6.07) is 0. The van der Waals surface area contributed by atoms with Gasteiger partial charge in [-0.25, -0.2) is 0 Å². The van der Waals surface area contributed by atoms with Crippen molar-refractivity contribution >= 4 is 0 Å². The van der Waals surface area contributed by atoms with Crippen LogP contribution in [0, 0.1) is 35.5 Å². The summed E-state index contributed by atoms with van der Waals surface area (Å²) in [4.78, 5) is 0. The van der Waals surface area contributed by atoms with Crippen LogP contribution < -0.4 is 0 Å². The lowest BCUT2D eigenvalue weighted by atomic mass is 9.71. The van der Waals surface area contributed by atoms with Crippen molar-refractivity contribution in [2.24, 2.45) is 35.5 Å². The van der Waals surface area contributed by atoms with Crippen LogP contribution in [-0.4, -0.2) is 25.4 Å². The Kier molecular flexibility index (Phi) is 5.61. The molecule has 2 heteroatoms. The van der Waals surface area contributed by atoms with Gasteiger partial charge in [-0.3, -0.25) is 0 Å². The lowest BCUT2D eigenvalue weighted by Crippen LogP contribution is -2.25. The van der Waals surface area contributed by atoms with Gasteiger partial charge in [0.25, 0.3) is 0 Å². The molecule has 5 saturated carbocycles. The van der Waals surface area contributed by atoms with E-state index < -0.39 is 0 Å². The second kappa shape index (κ2) is 8.11. The van der Waals surface area contributed by atoms with Crippen LogP contribution in [0.2, 0.25) is 0 Å². The Balaban J connectivity index is 1.06. The molecule has 0 bridgehead atoms. The van der Waals surface area contributed by atoms with E-state index in [-0.39, 0.29) is 0 Å². The Hall–Kier alpha value is -0.0800. The van der Waals surface area contributed by atoms with Crippen molar-refractivity contribution < 1.29 is 9.47 Å². The van der Waals surface area contributed by atoms with Gasteiger partial charge >= 0.3 is 0 Å². The molecule has 0 saturated heterocycles. The first-order valence-electron chi connectivity index (χ1n) is 12.1. The number of rotatable bonds is 6. The van der Waals surface area contributed by atoms with E-state index in [1.807, 2.05) is 0 Å². The summed E-state index contributed by atoms with van der Waals surface area (Å²) in [7, 11) is 0. The molecular formula is C24H40O2. The van der Waals surface area contributed by atoms with Crippen molar-refractivity contribution in [2.75, 3.05) is 13.2 Å². The van der Waals surface area contributed by atoms with E-state index >= 15 is 0 Å². The largest absolute Gasteiger partial charge is 0.378 e. The van der Waals surface area contributed by atoms with Gasteiger partial charge in [-0.15, -0.1) is 0 Å². The Morgan fingerprint density at radius 1 is 0.462 bits per heavy atom. The number of hydrogen-bond acceptors (Lipinski definition) is 2. The van der Waals surface area contributed by atoms with E-state index in [2.05, 4.69) is 0 Å². The minimum absolute atomic E-state index is 0.596. The fraction of sp³-hybridized carbons (Fsp3) is 1.00. The van der Waals surface area contributed by atoms with E-state index in [0.717, 1.165) is 48.7 Å². The van der Waals surface area contributed by atoms with Crippen molar-refractivity contribution in [3.63, 3.8) is 0 Å². The Morgan fingerprint density at radius 2 is 0.808 bits per heavy atom. The van der Waals surface area contributed by atoms with Gasteiger partial charge in [-0.1, -0.05) is 25.7 Å². The van der Waals surface area contributed by atoms with Crippen molar-refractivity contribution in [1.29, 1.82) is 0 Å². The average molecular weight is 361 g/mol. The smallest absolute Gasteiger partial charge is 0.0580 e. The van der Waals surface area contributed by atoms with E-state index in [9.17, 15) is 0 Å². The quantitative estimate of drug-likeness (QED) is 0.580. The third kappa shape index (κ3) is 4.02. The highest BCUT2D eigenvalue weighted by atomic mass is 16.5. The molecule has 5 aliphatic rings. The van der Waals surface area contributed by atoms with Crippen LogP contribution in [0.15, 0.2) is 0 Å². The van der Waals surface area contributed by atoms with Gasteiger partial charge in [0.2, 0.25) is 0 Å². The molecular weight excluding hydrogens is 320 g/mol. The molecule has 5 aliphatic carbocycles. The third-order valence-corrected chi connectivity index (χ3v) is 8.89. The highest BCUT2D eigenvalue weighted by Gasteiger charge is 2.47. The maximum atomic E-state index is 6.39. The first-order valence-corrected chi connectivity index (χ1v) is 12.1. The Labute approximate surface area is 160 Å². The molecule has 26 heavy (non-hydrogen) atoms. The molecule has 0 radical (unpaired) electrons. The van der Waals surface area contributed by atoms with Gasteiger partial charge in [0.15, 0.2) is 0 Å². The second-order valence-corrected chi connectivity index (χ2v) is 10.7. The molecule has 0 N–H and O–H groups in total. The Bertz CT molecular complexity index is 389. The van der Waals surface area contributed by atoms with Crippen LogP contribution in [0.1, 0.15) is 89.9 Å². The van der Waals surface area contributed by atoms with Gasteiger partial charge in [0.05, 0.1) is 12.2 Å². The predicted octanol–water partition coefficient (Wildman–Crippen LogP) is 5.98. The molecule has 5 rings (SSSR count). The van der Waals surface area contributed by atoms with Crippen molar-refractivity contribution in [3.8, 4) is 0 Å². The lowest BCUT2D eigenvalue weighted by Gasteiger charge is -2.34. The van der Waals surface area contributed by atoms with Crippen LogP contribution >= 0.6 is 0 Å².